The van der Waals surface area contributed by atoms with Crippen LogP contribution in [-0.4, -0.2) is 34.4 Å². The highest BCUT2D eigenvalue weighted by Gasteiger charge is 2.38. The van der Waals surface area contributed by atoms with Crippen LogP contribution in [0.1, 0.15) is 17.1 Å². The summed E-state index contributed by atoms with van der Waals surface area (Å²) in [5.74, 6) is -0.784. The van der Waals surface area contributed by atoms with Crippen molar-refractivity contribution in [3.63, 3.8) is 0 Å². The van der Waals surface area contributed by atoms with Gasteiger partial charge in [0.15, 0.2) is 5.82 Å². The summed E-state index contributed by atoms with van der Waals surface area (Å²) in [5.41, 5.74) is 1.89. The van der Waals surface area contributed by atoms with Gasteiger partial charge in [-0.2, -0.15) is 13.2 Å². The standard InChI is InChI=1S/C16H22ClF3N4OSi/c1-11-7-12(9-21-13(11)8-17)14-22-23-15(16(18,19)20)24(14)10-25-5-6-26(2,3)4/h7,9H,5-6,8,10H2,1-4H3. The predicted octanol–water partition coefficient (Wildman–Crippen LogP) is 4.72. The van der Waals surface area contributed by atoms with Crippen LogP contribution in [0, 0.1) is 6.92 Å². The van der Waals surface area contributed by atoms with Gasteiger partial charge in [-0.1, -0.05) is 19.6 Å². The first kappa shape index (κ1) is 20.9. The number of hydrogen-bond donors (Lipinski definition) is 0. The van der Waals surface area contributed by atoms with Crippen LogP contribution in [0.25, 0.3) is 11.4 Å². The number of pyridine rings is 1. The van der Waals surface area contributed by atoms with Gasteiger partial charge in [-0.25, -0.2) is 0 Å². The highest BCUT2D eigenvalue weighted by Crippen LogP contribution is 2.31. The average molecular weight is 407 g/mol. The Balaban J connectivity index is 2.31. The second kappa shape index (κ2) is 8.06. The average Bonchev–Trinajstić information content (AvgIpc) is 2.94. The number of rotatable bonds is 7. The highest BCUT2D eigenvalue weighted by atomic mass is 35.5. The van der Waals surface area contributed by atoms with E-state index in [2.05, 4.69) is 34.8 Å². The minimum Gasteiger partial charge on any atom is -0.361 e. The molecule has 0 aliphatic heterocycles. The Kier molecular flexibility index (Phi) is 6.46. The normalized spacial score (nSPS) is 12.6. The summed E-state index contributed by atoms with van der Waals surface area (Å²) in [6, 6.07) is 2.56. The first-order valence-corrected chi connectivity index (χ1v) is 12.4. The van der Waals surface area contributed by atoms with E-state index in [1.807, 2.05) is 0 Å². The quantitative estimate of drug-likeness (QED) is 0.379. The van der Waals surface area contributed by atoms with Crippen LogP contribution in [0.4, 0.5) is 13.2 Å². The van der Waals surface area contributed by atoms with Gasteiger partial charge in [-0.15, -0.1) is 21.8 Å². The Morgan fingerprint density at radius 3 is 2.46 bits per heavy atom. The second-order valence-corrected chi connectivity index (χ2v) is 13.1. The van der Waals surface area contributed by atoms with Crippen molar-refractivity contribution in [3.8, 4) is 11.4 Å². The molecule has 0 bridgehead atoms. The molecule has 2 aromatic heterocycles. The maximum Gasteiger partial charge on any atom is 0.451 e. The van der Waals surface area contributed by atoms with E-state index < -0.39 is 20.1 Å². The van der Waals surface area contributed by atoms with Crippen molar-refractivity contribution < 1.29 is 17.9 Å². The smallest absolute Gasteiger partial charge is 0.361 e. The number of alkyl halides is 4. The SMILES string of the molecule is Cc1cc(-c2nnc(C(F)(F)F)n2COCC[Si](C)(C)C)cnc1CCl. The van der Waals surface area contributed by atoms with Gasteiger partial charge in [-0.3, -0.25) is 9.55 Å². The molecule has 0 saturated heterocycles. The summed E-state index contributed by atoms with van der Waals surface area (Å²) >= 11 is 5.79. The molecule has 0 amide bonds. The molecule has 10 heteroatoms. The fourth-order valence-electron chi connectivity index (χ4n) is 2.25. The molecule has 0 aliphatic carbocycles. The molecule has 0 fully saturated rings. The van der Waals surface area contributed by atoms with Crippen LogP contribution in [0.3, 0.4) is 0 Å². The molecule has 5 nitrogen and oxygen atoms in total. The second-order valence-electron chi connectivity index (χ2n) is 7.24. The van der Waals surface area contributed by atoms with Crippen molar-refractivity contribution in [3.05, 3.63) is 29.3 Å². The van der Waals surface area contributed by atoms with E-state index in [-0.39, 0.29) is 18.4 Å². The molecule has 144 valence electrons. The maximum absolute atomic E-state index is 13.3. The van der Waals surface area contributed by atoms with Crippen molar-refractivity contribution in [2.75, 3.05) is 6.61 Å². The largest absolute Gasteiger partial charge is 0.451 e. The van der Waals surface area contributed by atoms with Gasteiger partial charge >= 0.3 is 6.18 Å². The fourth-order valence-corrected chi connectivity index (χ4v) is 3.28. The summed E-state index contributed by atoms with van der Waals surface area (Å²) in [6.07, 6.45) is -3.17. The van der Waals surface area contributed by atoms with E-state index in [9.17, 15) is 13.2 Å². The van der Waals surface area contributed by atoms with Crippen LogP contribution >= 0.6 is 11.6 Å². The molecule has 0 radical (unpaired) electrons. The molecule has 0 saturated carbocycles. The Morgan fingerprint density at radius 1 is 1.23 bits per heavy atom. The Hall–Kier alpha value is -1.45. The summed E-state index contributed by atoms with van der Waals surface area (Å²) in [4.78, 5) is 4.18. The van der Waals surface area contributed by atoms with Gasteiger partial charge in [-0.05, 0) is 24.6 Å². The molecule has 0 aromatic carbocycles. The number of hydrogen-bond acceptors (Lipinski definition) is 4. The monoisotopic (exact) mass is 406 g/mol. The maximum atomic E-state index is 13.3. The minimum absolute atomic E-state index is 0.0713. The van der Waals surface area contributed by atoms with Gasteiger partial charge < -0.3 is 4.74 Å². The van der Waals surface area contributed by atoms with Crippen LogP contribution in [0.15, 0.2) is 12.3 Å². The molecule has 0 unspecified atom stereocenters. The van der Waals surface area contributed by atoms with Crippen molar-refractivity contribution in [1.82, 2.24) is 19.7 Å². The van der Waals surface area contributed by atoms with Gasteiger partial charge in [0.05, 0.1) is 11.6 Å². The lowest BCUT2D eigenvalue weighted by atomic mass is 10.1. The van der Waals surface area contributed by atoms with Crippen LogP contribution in [0.5, 0.6) is 0 Å². The molecule has 2 heterocycles. The van der Waals surface area contributed by atoms with E-state index in [0.717, 1.165) is 16.2 Å². The molecule has 0 N–H and O–H groups in total. The molecule has 26 heavy (non-hydrogen) atoms. The van der Waals surface area contributed by atoms with Crippen LogP contribution < -0.4 is 0 Å². The highest BCUT2D eigenvalue weighted by molar-refractivity contribution is 6.76. The van der Waals surface area contributed by atoms with Crippen LogP contribution in [0.2, 0.25) is 25.7 Å². The summed E-state index contributed by atoms with van der Waals surface area (Å²) in [5, 5.41) is 7.05. The number of halogens is 4. The van der Waals surface area contributed by atoms with Gasteiger partial charge in [0.2, 0.25) is 5.82 Å². The van der Waals surface area contributed by atoms with E-state index >= 15 is 0 Å². The topological polar surface area (TPSA) is 52.8 Å². The fraction of sp³-hybridized carbons (Fsp3) is 0.562. The molecule has 2 rings (SSSR count). The molecule has 2 aromatic rings. The first-order valence-electron chi connectivity index (χ1n) is 8.13. The van der Waals surface area contributed by atoms with E-state index in [1.165, 1.54) is 6.20 Å². The number of ether oxygens (including phenoxy) is 1. The number of nitrogens with zero attached hydrogens (tertiary/aromatic N) is 4. The Labute approximate surface area is 156 Å². The molecular weight excluding hydrogens is 385 g/mol. The third kappa shape index (κ3) is 5.27. The lowest BCUT2D eigenvalue weighted by Crippen LogP contribution is -2.23. The van der Waals surface area contributed by atoms with Crippen molar-refractivity contribution in [2.24, 2.45) is 0 Å². The zero-order chi connectivity index (χ0) is 19.5. The predicted molar refractivity (Wildman–Crippen MR) is 96.7 cm³/mol. The third-order valence-electron chi connectivity index (χ3n) is 3.79. The lowest BCUT2D eigenvalue weighted by Gasteiger charge is -2.17. The van der Waals surface area contributed by atoms with Gasteiger partial charge in [0, 0.05) is 26.4 Å². The van der Waals surface area contributed by atoms with Crippen molar-refractivity contribution >= 4 is 19.7 Å². The first-order chi connectivity index (χ1) is 12.0. The zero-order valence-corrected chi connectivity index (χ0v) is 16.9. The van der Waals surface area contributed by atoms with Crippen molar-refractivity contribution in [1.29, 1.82) is 0 Å². The third-order valence-corrected chi connectivity index (χ3v) is 5.75. The number of aryl methyl sites for hydroxylation is 1. The summed E-state index contributed by atoms with van der Waals surface area (Å²) in [6.45, 7) is 8.45. The molecular formula is C16H22ClF3N4OSi. The lowest BCUT2D eigenvalue weighted by molar-refractivity contribution is -0.149. The molecule has 0 aliphatic rings. The van der Waals surface area contributed by atoms with Gasteiger partial charge in [0.1, 0.15) is 6.73 Å². The van der Waals surface area contributed by atoms with Crippen molar-refractivity contribution in [2.45, 2.75) is 51.4 Å². The Morgan fingerprint density at radius 2 is 1.92 bits per heavy atom. The molecule has 0 atom stereocenters. The molecule has 0 spiro atoms. The van der Waals surface area contributed by atoms with E-state index in [4.69, 9.17) is 16.3 Å². The minimum atomic E-state index is -4.62. The zero-order valence-electron chi connectivity index (χ0n) is 15.2. The number of aromatic nitrogens is 4. The van der Waals surface area contributed by atoms with Crippen LogP contribution in [-0.2, 0) is 23.5 Å². The Bertz CT molecular complexity index is 759. The van der Waals surface area contributed by atoms with E-state index in [1.54, 1.807) is 13.0 Å². The summed E-state index contributed by atoms with van der Waals surface area (Å²) in [7, 11) is -1.34. The van der Waals surface area contributed by atoms with E-state index in [0.29, 0.717) is 17.9 Å². The van der Waals surface area contributed by atoms with Gasteiger partial charge in [0.25, 0.3) is 0 Å². The summed E-state index contributed by atoms with van der Waals surface area (Å²) < 4.78 is 46.3.